The van der Waals surface area contributed by atoms with Crippen LogP contribution in [0.5, 0.6) is 0 Å². The second-order valence-electron chi connectivity index (χ2n) is 9.79. The molecule has 4 heterocycles. The molecule has 0 amide bonds. The second kappa shape index (κ2) is 10.4. The zero-order valence-corrected chi connectivity index (χ0v) is 21.4. The number of carboxylic acid groups (broad SMARTS) is 1. The minimum absolute atomic E-state index is 0. The normalized spacial score (nSPS) is 19.1. The summed E-state index contributed by atoms with van der Waals surface area (Å²) in [4.78, 5) is 44.2. The zero-order chi connectivity index (χ0) is 26.5. The number of aryl methyl sites for hydroxylation is 1. The average Bonchev–Trinajstić information content (AvgIpc) is 3.35. The molecule has 0 aliphatic carbocycles. The van der Waals surface area contributed by atoms with E-state index in [9.17, 15) is 24.6 Å². The van der Waals surface area contributed by atoms with Gasteiger partial charge in [0.1, 0.15) is 11.4 Å². The van der Waals surface area contributed by atoms with Crippen molar-refractivity contribution in [3.05, 3.63) is 58.2 Å². The first-order valence-corrected chi connectivity index (χ1v) is 12.1. The molecular weight excluding hydrogens is 521 g/mol. The van der Waals surface area contributed by atoms with Crippen LogP contribution >= 0.6 is 0 Å². The number of esters is 1. The first kappa shape index (κ1) is 27.6. The summed E-state index contributed by atoms with van der Waals surface area (Å²) < 4.78 is 23.8. The lowest BCUT2D eigenvalue weighted by atomic mass is 9.93. The number of ether oxygens (including phenoxy) is 1. The van der Waals surface area contributed by atoms with Gasteiger partial charge in [0.05, 0.1) is 30.2 Å². The quantitative estimate of drug-likeness (QED) is 0.244. The van der Waals surface area contributed by atoms with Crippen LogP contribution in [0.2, 0.25) is 0 Å². The Morgan fingerprint density at radius 1 is 1.29 bits per heavy atom. The number of carboxylic acids is 1. The van der Waals surface area contributed by atoms with Crippen molar-refractivity contribution in [2.75, 3.05) is 18.0 Å². The van der Waals surface area contributed by atoms with Crippen molar-refractivity contribution < 1.29 is 41.3 Å². The monoisotopic (exact) mass is 548 g/mol. The van der Waals surface area contributed by atoms with Gasteiger partial charge in [-0.1, -0.05) is 0 Å². The minimum atomic E-state index is -2.47. The maximum absolute atomic E-state index is 15.5. The number of aliphatic carboxylic acids is 1. The summed E-state index contributed by atoms with van der Waals surface area (Å²) in [6, 6.07) is 1.02. The molecule has 11 nitrogen and oxygen atoms in total. The standard InChI is InChI=1S/C25H28FN5O6.ClH/c1-14-2-3-16-20-17(10-19(26)21(16)30-7-4-15(32)5-8-30)22(33)18(11-31(14)20)23(34)37-25(27,24(35)36)12-29-9-6-28-13-29;/h6,9-11,13-15,32H,2-5,7-8,12,27H2,1H3,(H,35,36);1H/p-1/t14-,25?;/m0./s1. The van der Waals surface area contributed by atoms with Gasteiger partial charge in [0, 0.05) is 48.7 Å². The number of imidazole rings is 1. The summed E-state index contributed by atoms with van der Waals surface area (Å²) in [5, 5.41) is 19.6. The van der Waals surface area contributed by atoms with Crippen LogP contribution in [-0.2, 0) is 22.5 Å². The topological polar surface area (TPSA) is 153 Å². The molecule has 2 atom stereocenters. The largest absolute Gasteiger partial charge is 1.00 e. The SMILES string of the molecule is C[C@H]1CCc2c(N3CCC(O)CC3)c(F)cc3c(=O)c(C(=O)OC(N)(Cn4ccnc4)C(=O)O)cn1c23.[Cl-]. The number of benzene rings is 1. The first-order chi connectivity index (χ1) is 17.6. The number of carbonyl (C=O) groups is 2. The van der Waals surface area contributed by atoms with Crippen molar-refractivity contribution in [1.82, 2.24) is 14.1 Å². The Kier molecular flexibility index (Phi) is 7.51. The highest BCUT2D eigenvalue weighted by Gasteiger charge is 2.40. The molecular formula is C25H28ClFN5O6-. The summed E-state index contributed by atoms with van der Waals surface area (Å²) in [6.45, 7) is 2.47. The molecule has 1 fully saturated rings. The van der Waals surface area contributed by atoms with Crippen LogP contribution in [0, 0.1) is 5.82 Å². The molecule has 3 aromatic rings. The first-order valence-electron chi connectivity index (χ1n) is 12.1. The van der Waals surface area contributed by atoms with Gasteiger partial charge in [-0.2, -0.15) is 0 Å². The van der Waals surface area contributed by atoms with Crippen LogP contribution in [0.25, 0.3) is 10.9 Å². The van der Waals surface area contributed by atoms with E-state index in [1.807, 2.05) is 11.8 Å². The fourth-order valence-electron chi connectivity index (χ4n) is 5.23. The third-order valence-electron chi connectivity index (χ3n) is 7.24. The maximum atomic E-state index is 15.5. The maximum Gasteiger partial charge on any atom is 0.365 e. The number of anilines is 1. The van der Waals surface area contributed by atoms with Crippen molar-refractivity contribution in [1.29, 1.82) is 0 Å². The number of hydrogen-bond acceptors (Lipinski definition) is 8. The second-order valence-corrected chi connectivity index (χ2v) is 9.79. The number of carbonyl (C=O) groups excluding carboxylic acids is 1. The summed E-state index contributed by atoms with van der Waals surface area (Å²) in [7, 11) is 0. The molecule has 13 heteroatoms. The van der Waals surface area contributed by atoms with E-state index in [2.05, 4.69) is 4.98 Å². The van der Waals surface area contributed by atoms with Crippen LogP contribution in [-0.4, -0.2) is 61.2 Å². The lowest BCUT2D eigenvalue weighted by molar-refractivity contribution is -0.160. The Hall–Kier alpha value is -3.48. The Balaban J connectivity index is 0.00000336. The Labute approximate surface area is 223 Å². The number of pyridine rings is 1. The van der Waals surface area contributed by atoms with Crippen LogP contribution in [0.4, 0.5) is 10.1 Å². The molecule has 38 heavy (non-hydrogen) atoms. The highest BCUT2D eigenvalue weighted by Crippen LogP contribution is 2.39. The number of aliphatic hydroxyl groups is 1. The number of aliphatic hydroxyl groups excluding tert-OH is 1. The number of piperidine rings is 1. The van der Waals surface area contributed by atoms with Gasteiger partial charge in [0.15, 0.2) is 0 Å². The van der Waals surface area contributed by atoms with Gasteiger partial charge in [-0.3, -0.25) is 10.5 Å². The molecule has 2 aromatic heterocycles. The van der Waals surface area contributed by atoms with Gasteiger partial charge in [0.25, 0.3) is 5.72 Å². The molecule has 0 spiro atoms. The number of hydrogen-bond donors (Lipinski definition) is 3. The van der Waals surface area contributed by atoms with E-state index in [-0.39, 0.29) is 23.8 Å². The van der Waals surface area contributed by atoms with Crippen LogP contribution in [0.1, 0.15) is 48.1 Å². The predicted molar refractivity (Wildman–Crippen MR) is 131 cm³/mol. The third kappa shape index (κ3) is 4.74. The van der Waals surface area contributed by atoms with Crippen LogP contribution in [0.15, 0.2) is 35.8 Å². The van der Waals surface area contributed by atoms with Gasteiger partial charge in [-0.25, -0.2) is 19.0 Å². The smallest absolute Gasteiger partial charge is 0.365 e. The Morgan fingerprint density at radius 3 is 2.63 bits per heavy atom. The van der Waals surface area contributed by atoms with E-state index >= 15 is 4.39 Å². The van der Waals surface area contributed by atoms with Crippen molar-refractivity contribution >= 4 is 28.5 Å². The summed E-state index contributed by atoms with van der Waals surface area (Å²) in [6.07, 6.45) is 7.35. The molecule has 2 aliphatic heterocycles. The average molecular weight is 549 g/mol. The van der Waals surface area contributed by atoms with Crippen LogP contribution < -0.4 is 28.5 Å². The molecule has 0 bridgehead atoms. The van der Waals surface area contributed by atoms with Crippen molar-refractivity contribution in [2.45, 2.75) is 57.0 Å². The molecule has 204 valence electrons. The van der Waals surface area contributed by atoms with E-state index < -0.39 is 47.1 Å². The zero-order valence-electron chi connectivity index (χ0n) is 20.6. The van der Waals surface area contributed by atoms with Gasteiger partial charge in [-0.15, -0.1) is 0 Å². The highest BCUT2D eigenvalue weighted by atomic mass is 35.5. The van der Waals surface area contributed by atoms with E-state index in [1.54, 1.807) is 4.57 Å². The molecule has 0 saturated carbocycles. The van der Waals surface area contributed by atoms with Gasteiger partial charge < -0.3 is 41.4 Å². The molecule has 4 N–H and O–H groups in total. The van der Waals surface area contributed by atoms with Gasteiger partial charge in [-0.05, 0) is 38.7 Å². The summed E-state index contributed by atoms with van der Waals surface area (Å²) in [5.74, 6) is -3.40. The van der Waals surface area contributed by atoms with Crippen molar-refractivity contribution in [2.24, 2.45) is 5.73 Å². The Bertz CT molecular complexity index is 1440. The lowest BCUT2D eigenvalue weighted by Gasteiger charge is -2.36. The van der Waals surface area contributed by atoms with E-state index in [1.165, 1.54) is 29.5 Å². The fourth-order valence-corrected chi connectivity index (χ4v) is 5.23. The molecule has 1 unspecified atom stereocenters. The highest BCUT2D eigenvalue weighted by molar-refractivity contribution is 5.97. The molecule has 1 aromatic carbocycles. The molecule has 1 saturated heterocycles. The third-order valence-corrected chi connectivity index (χ3v) is 7.24. The Morgan fingerprint density at radius 2 is 2.00 bits per heavy atom. The summed E-state index contributed by atoms with van der Waals surface area (Å²) in [5.41, 5.74) is 3.90. The molecule has 5 rings (SSSR count). The summed E-state index contributed by atoms with van der Waals surface area (Å²) >= 11 is 0. The van der Waals surface area contributed by atoms with Gasteiger partial charge in [0.2, 0.25) is 5.43 Å². The number of rotatable bonds is 6. The number of aromatic nitrogens is 3. The number of nitrogens with two attached hydrogens (primary N) is 1. The van der Waals surface area contributed by atoms with Gasteiger partial charge >= 0.3 is 11.9 Å². The van der Waals surface area contributed by atoms with Crippen LogP contribution in [0.3, 0.4) is 0 Å². The van der Waals surface area contributed by atoms with Crippen molar-refractivity contribution in [3.8, 4) is 0 Å². The lowest BCUT2D eigenvalue weighted by Crippen LogP contribution is -3.00. The minimum Gasteiger partial charge on any atom is -1.00 e. The van der Waals surface area contributed by atoms with E-state index in [4.69, 9.17) is 10.5 Å². The number of nitrogens with zero attached hydrogens (tertiary/aromatic N) is 4. The number of halogens is 2. The molecule has 2 aliphatic rings. The van der Waals surface area contributed by atoms with E-state index in [0.29, 0.717) is 55.5 Å². The predicted octanol–water partition coefficient (Wildman–Crippen LogP) is -1.59. The fraction of sp³-hybridized carbons (Fsp3) is 0.440. The van der Waals surface area contributed by atoms with Crippen molar-refractivity contribution in [3.63, 3.8) is 0 Å². The van der Waals surface area contributed by atoms with E-state index in [0.717, 1.165) is 6.07 Å². The molecule has 0 radical (unpaired) electrons.